The van der Waals surface area contributed by atoms with E-state index in [9.17, 15) is 0 Å². The van der Waals surface area contributed by atoms with Gasteiger partial charge in [-0.25, -0.2) is 0 Å². The van der Waals surface area contributed by atoms with Crippen molar-refractivity contribution in [2.45, 2.75) is 0 Å². The van der Waals surface area contributed by atoms with Crippen LogP contribution in [0.1, 0.15) is 0 Å². The third-order valence-electron chi connectivity index (χ3n) is 8.09. The topological polar surface area (TPSA) is 9.86 Å². The largest absolute Gasteiger partial charge is 0.309 e. The Bertz CT molecular complexity index is 2350. The summed E-state index contributed by atoms with van der Waals surface area (Å²) in [4.78, 5) is 0. The highest BCUT2D eigenvalue weighted by Crippen LogP contribution is 2.42. The monoisotopic (exact) mass is 514 g/mol. The predicted molar refractivity (Wildman–Crippen MR) is 168 cm³/mol. The number of thiophene rings is 1. The minimum Gasteiger partial charge on any atom is -0.309 e. The van der Waals surface area contributed by atoms with Crippen molar-refractivity contribution in [1.29, 1.82) is 0 Å². The first-order chi connectivity index (χ1) is 19.3. The molecule has 0 saturated carbocycles. The molecule has 0 fully saturated rings. The summed E-state index contributed by atoms with van der Waals surface area (Å²) in [5, 5.41) is 10.2. The van der Waals surface area contributed by atoms with Gasteiger partial charge in [0.15, 0.2) is 0 Å². The third-order valence-corrected chi connectivity index (χ3v) is 9.19. The van der Waals surface area contributed by atoms with Gasteiger partial charge in [0.25, 0.3) is 0 Å². The molecule has 9 aromatic rings. The first-order valence-electron chi connectivity index (χ1n) is 13.3. The molecule has 0 saturated heterocycles. The molecule has 0 unspecified atom stereocenters. The zero-order valence-corrected chi connectivity index (χ0v) is 21.8. The van der Waals surface area contributed by atoms with E-state index in [2.05, 4.69) is 143 Å². The summed E-state index contributed by atoms with van der Waals surface area (Å²) in [6.45, 7) is 0. The fourth-order valence-electron chi connectivity index (χ4n) is 6.41. The summed E-state index contributed by atoms with van der Waals surface area (Å²) < 4.78 is 6.20. The molecule has 6 aromatic carbocycles. The molecule has 0 radical (unpaired) electrons. The van der Waals surface area contributed by atoms with E-state index in [1.165, 1.54) is 75.2 Å². The van der Waals surface area contributed by atoms with Crippen LogP contribution in [-0.2, 0) is 0 Å². The molecular formula is C36H22N2S. The lowest BCUT2D eigenvalue weighted by Gasteiger charge is -2.10. The average molecular weight is 515 g/mol. The van der Waals surface area contributed by atoms with Crippen LogP contribution in [0.15, 0.2) is 133 Å². The number of fused-ring (bicyclic) bond motifs is 9. The highest BCUT2D eigenvalue weighted by molar-refractivity contribution is 7.21. The van der Waals surface area contributed by atoms with E-state index in [0.717, 1.165) is 0 Å². The maximum absolute atomic E-state index is 2.49. The van der Waals surface area contributed by atoms with Gasteiger partial charge in [-0.1, -0.05) is 84.9 Å². The summed E-state index contributed by atoms with van der Waals surface area (Å²) in [6.07, 6.45) is 0. The summed E-state index contributed by atoms with van der Waals surface area (Å²) in [7, 11) is 0. The lowest BCUT2D eigenvalue weighted by atomic mass is 10.0. The molecule has 0 bridgehead atoms. The van der Waals surface area contributed by atoms with Crippen molar-refractivity contribution in [3.8, 4) is 10.7 Å². The van der Waals surface area contributed by atoms with Crippen LogP contribution in [0.2, 0.25) is 0 Å². The molecule has 0 aliphatic heterocycles. The van der Waals surface area contributed by atoms with Crippen molar-refractivity contribution in [1.82, 2.24) is 9.13 Å². The predicted octanol–water partition coefficient (Wildman–Crippen LogP) is 10.2. The Hall–Kier alpha value is -4.86. The molecule has 0 N–H and O–H groups in total. The molecule has 0 aliphatic rings. The molecule has 9 rings (SSSR count). The average Bonchev–Trinajstić information content (AvgIpc) is 3.66. The van der Waals surface area contributed by atoms with Crippen molar-refractivity contribution in [2.75, 3.05) is 0 Å². The van der Waals surface area contributed by atoms with Gasteiger partial charge >= 0.3 is 0 Å². The summed E-state index contributed by atoms with van der Waals surface area (Å²) in [5.41, 5.74) is 6.18. The lowest BCUT2D eigenvalue weighted by Crippen LogP contribution is -1.93. The fourth-order valence-corrected chi connectivity index (χ4v) is 7.49. The normalized spacial score (nSPS) is 12.1. The highest BCUT2D eigenvalue weighted by atomic mass is 32.1. The van der Waals surface area contributed by atoms with Gasteiger partial charge in [-0.05, 0) is 59.3 Å². The molecule has 0 spiro atoms. The standard InChI is InChI=1S/C36H22N2S/c1-2-11-25(12-3-1)37-31-15-7-6-14-27(31)30-22-29-23(20-33(30)37)18-19-28-26-13-5-8-16-32(26)38(36(28)29)35-21-24-10-4-9-17-34(24)39-35/h1-22H. The van der Waals surface area contributed by atoms with Crippen LogP contribution in [0.3, 0.4) is 0 Å². The minimum absolute atomic E-state index is 1.18. The Morgan fingerprint density at radius 1 is 0.410 bits per heavy atom. The number of benzene rings is 6. The van der Waals surface area contributed by atoms with Crippen LogP contribution in [0.25, 0.3) is 75.2 Å². The van der Waals surface area contributed by atoms with Gasteiger partial charge in [-0.2, -0.15) is 0 Å². The number of aromatic nitrogens is 2. The molecule has 182 valence electrons. The smallest absolute Gasteiger partial charge is 0.101 e. The molecule has 0 atom stereocenters. The molecule has 3 heterocycles. The van der Waals surface area contributed by atoms with Crippen molar-refractivity contribution in [2.24, 2.45) is 0 Å². The second-order valence-corrected chi connectivity index (χ2v) is 11.3. The summed E-state index contributed by atoms with van der Waals surface area (Å²) in [5.74, 6) is 0. The van der Waals surface area contributed by atoms with Crippen LogP contribution in [-0.4, -0.2) is 9.13 Å². The van der Waals surface area contributed by atoms with E-state index >= 15 is 0 Å². The number of para-hydroxylation sites is 3. The summed E-state index contributed by atoms with van der Waals surface area (Å²) in [6, 6.07) is 48.7. The first kappa shape index (κ1) is 21.1. The fraction of sp³-hybridized carbons (Fsp3) is 0. The molecule has 0 aliphatic carbocycles. The Morgan fingerprint density at radius 2 is 1.10 bits per heavy atom. The SMILES string of the molecule is c1ccc(-n2c3ccccc3c3cc4c(ccc5c6ccccc6n(-c6cc7ccccc7s6)c45)cc32)cc1. The maximum Gasteiger partial charge on any atom is 0.101 e. The van der Waals surface area contributed by atoms with Crippen LogP contribution in [0.4, 0.5) is 0 Å². The van der Waals surface area contributed by atoms with E-state index in [4.69, 9.17) is 0 Å². The Balaban J connectivity index is 1.47. The zero-order valence-electron chi connectivity index (χ0n) is 21.0. The first-order valence-corrected chi connectivity index (χ1v) is 14.1. The van der Waals surface area contributed by atoms with Crippen molar-refractivity contribution < 1.29 is 0 Å². The van der Waals surface area contributed by atoms with Gasteiger partial charge in [0, 0.05) is 37.3 Å². The van der Waals surface area contributed by atoms with Crippen LogP contribution in [0, 0.1) is 0 Å². The van der Waals surface area contributed by atoms with Gasteiger partial charge in [0.2, 0.25) is 0 Å². The Morgan fingerprint density at radius 3 is 1.92 bits per heavy atom. The summed E-state index contributed by atoms with van der Waals surface area (Å²) >= 11 is 1.86. The minimum atomic E-state index is 1.18. The molecule has 39 heavy (non-hydrogen) atoms. The Labute approximate surface area is 228 Å². The number of hydrogen-bond acceptors (Lipinski definition) is 1. The third kappa shape index (κ3) is 2.91. The van der Waals surface area contributed by atoms with Gasteiger partial charge in [-0.3, -0.25) is 4.57 Å². The van der Waals surface area contributed by atoms with Gasteiger partial charge in [0.05, 0.1) is 22.1 Å². The van der Waals surface area contributed by atoms with E-state index < -0.39 is 0 Å². The maximum atomic E-state index is 2.49. The lowest BCUT2D eigenvalue weighted by molar-refractivity contribution is 1.18. The van der Waals surface area contributed by atoms with Gasteiger partial charge < -0.3 is 4.57 Å². The van der Waals surface area contributed by atoms with Crippen LogP contribution in [0.5, 0.6) is 0 Å². The molecular weight excluding hydrogens is 492 g/mol. The highest BCUT2D eigenvalue weighted by Gasteiger charge is 2.19. The van der Waals surface area contributed by atoms with Crippen LogP contribution >= 0.6 is 11.3 Å². The molecule has 3 aromatic heterocycles. The van der Waals surface area contributed by atoms with Crippen molar-refractivity contribution in [3.05, 3.63) is 133 Å². The molecule has 0 amide bonds. The Kier molecular flexibility index (Phi) is 4.24. The second-order valence-electron chi connectivity index (χ2n) is 10.2. The van der Waals surface area contributed by atoms with E-state index in [1.54, 1.807) is 0 Å². The van der Waals surface area contributed by atoms with Crippen molar-refractivity contribution >= 4 is 75.8 Å². The quantitative estimate of drug-likeness (QED) is 0.217. The number of nitrogens with zero attached hydrogens (tertiary/aromatic N) is 2. The second kappa shape index (κ2) is 7.83. The molecule has 3 heteroatoms. The zero-order chi connectivity index (χ0) is 25.5. The van der Waals surface area contributed by atoms with E-state index in [-0.39, 0.29) is 0 Å². The van der Waals surface area contributed by atoms with Gasteiger partial charge in [-0.15, -0.1) is 11.3 Å². The van der Waals surface area contributed by atoms with E-state index in [0.29, 0.717) is 0 Å². The number of hydrogen-bond donors (Lipinski definition) is 0. The van der Waals surface area contributed by atoms with Gasteiger partial charge in [0.1, 0.15) is 5.00 Å². The van der Waals surface area contributed by atoms with E-state index in [1.807, 2.05) is 11.3 Å². The molecule has 2 nitrogen and oxygen atoms in total. The van der Waals surface area contributed by atoms with Crippen molar-refractivity contribution in [3.63, 3.8) is 0 Å². The van der Waals surface area contributed by atoms with Crippen LogP contribution < -0.4 is 0 Å². The number of rotatable bonds is 2.